The highest BCUT2D eigenvalue weighted by atomic mass is 127. The molecule has 0 aliphatic carbocycles. The number of anilines is 1. The summed E-state index contributed by atoms with van der Waals surface area (Å²) < 4.78 is 27.1. The molecule has 0 bridgehead atoms. The zero-order valence-corrected chi connectivity index (χ0v) is 21.5. The molecule has 1 aromatic carbocycles. The van der Waals surface area contributed by atoms with Crippen LogP contribution in [0, 0.1) is 0 Å². The summed E-state index contributed by atoms with van der Waals surface area (Å²) in [5.41, 5.74) is 1.85. The maximum Gasteiger partial charge on any atom is 0.212 e. The Morgan fingerprint density at radius 1 is 1.06 bits per heavy atom. The predicted molar refractivity (Wildman–Crippen MR) is 138 cm³/mol. The Balaban J connectivity index is 0.00000385. The molecule has 9 nitrogen and oxygen atoms in total. The van der Waals surface area contributed by atoms with Crippen molar-refractivity contribution in [3.63, 3.8) is 0 Å². The molecule has 33 heavy (non-hydrogen) atoms. The molecule has 1 aliphatic rings. The van der Waals surface area contributed by atoms with Gasteiger partial charge in [-0.3, -0.25) is 0 Å². The quantitative estimate of drug-likeness (QED) is 0.183. The minimum atomic E-state index is 0. The van der Waals surface area contributed by atoms with Crippen molar-refractivity contribution in [3.05, 3.63) is 42.1 Å². The van der Waals surface area contributed by atoms with Gasteiger partial charge in [-0.1, -0.05) is 6.07 Å². The second-order valence-electron chi connectivity index (χ2n) is 7.10. The lowest BCUT2D eigenvalue weighted by atomic mass is 10.2. The predicted octanol–water partition coefficient (Wildman–Crippen LogP) is 3.48. The Morgan fingerprint density at radius 2 is 1.91 bits per heavy atom. The Labute approximate surface area is 212 Å². The number of aromatic nitrogens is 1. The van der Waals surface area contributed by atoms with Crippen LogP contribution in [0.15, 0.2) is 41.5 Å². The van der Waals surface area contributed by atoms with Crippen molar-refractivity contribution in [2.45, 2.75) is 19.4 Å². The summed E-state index contributed by atoms with van der Waals surface area (Å²) in [6, 6.07) is 9.57. The molecule has 0 amide bonds. The average Bonchev–Trinajstić information content (AvgIpc) is 3.07. The van der Waals surface area contributed by atoms with E-state index < -0.39 is 0 Å². The number of hydrogen-bond acceptors (Lipinski definition) is 7. The number of methoxy groups -OCH3 is 2. The molecule has 0 spiro atoms. The number of hydrogen-bond donors (Lipinski definition) is 2. The van der Waals surface area contributed by atoms with E-state index in [1.807, 2.05) is 30.3 Å². The first kappa shape index (κ1) is 26.9. The molecule has 0 radical (unpaired) electrons. The number of rotatable bonds is 11. The van der Waals surface area contributed by atoms with Gasteiger partial charge >= 0.3 is 0 Å². The lowest BCUT2D eigenvalue weighted by molar-refractivity contribution is 0.0699. The van der Waals surface area contributed by atoms with E-state index in [0.717, 1.165) is 35.6 Å². The first-order chi connectivity index (χ1) is 15.8. The van der Waals surface area contributed by atoms with E-state index >= 15 is 0 Å². The number of benzene rings is 1. The van der Waals surface area contributed by atoms with Gasteiger partial charge in [-0.2, -0.15) is 0 Å². The van der Waals surface area contributed by atoms with Gasteiger partial charge in [0.25, 0.3) is 0 Å². The molecule has 0 unspecified atom stereocenters. The summed E-state index contributed by atoms with van der Waals surface area (Å²) >= 11 is 0. The van der Waals surface area contributed by atoms with Crippen LogP contribution < -0.4 is 24.8 Å². The van der Waals surface area contributed by atoms with Gasteiger partial charge in [0, 0.05) is 50.7 Å². The third-order valence-electron chi connectivity index (χ3n) is 4.63. The van der Waals surface area contributed by atoms with Crippen molar-refractivity contribution in [3.8, 4) is 17.4 Å². The fourth-order valence-corrected chi connectivity index (χ4v) is 2.94. The Kier molecular flexibility index (Phi) is 12.7. The number of halogens is 1. The largest absolute Gasteiger partial charge is 0.490 e. The lowest BCUT2D eigenvalue weighted by Gasteiger charge is -2.15. The topological polar surface area (TPSA) is 95.5 Å². The minimum Gasteiger partial charge on any atom is -0.490 e. The molecule has 0 saturated heterocycles. The van der Waals surface area contributed by atoms with Crippen molar-refractivity contribution >= 4 is 35.6 Å². The molecule has 1 aromatic heterocycles. The zero-order valence-electron chi connectivity index (χ0n) is 19.2. The third-order valence-corrected chi connectivity index (χ3v) is 4.63. The first-order valence-electron chi connectivity index (χ1n) is 10.8. The van der Waals surface area contributed by atoms with E-state index in [1.165, 1.54) is 0 Å². The maximum absolute atomic E-state index is 5.79. The third kappa shape index (κ3) is 9.60. The van der Waals surface area contributed by atoms with Crippen LogP contribution >= 0.6 is 24.0 Å². The van der Waals surface area contributed by atoms with E-state index in [4.69, 9.17) is 28.7 Å². The fraction of sp³-hybridized carbons (Fsp3) is 0.478. The zero-order chi connectivity index (χ0) is 22.4. The molecule has 10 heteroatoms. The average molecular weight is 572 g/mol. The number of aliphatic imine (C=N–C) groups is 1. The number of nitrogens with zero attached hydrogens (tertiary/aromatic N) is 2. The molecule has 2 N–H and O–H groups in total. The number of fused-ring (bicyclic) bond motifs is 1. The molecule has 182 valence electrons. The van der Waals surface area contributed by atoms with Crippen molar-refractivity contribution < 1.29 is 23.7 Å². The van der Waals surface area contributed by atoms with Crippen LogP contribution in [0.3, 0.4) is 0 Å². The second-order valence-corrected chi connectivity index (χ2v) is 7.10. The Hall–Kier alpha value is -2.31. The number of pyridine rings is 1. The summed E-state index contributed by atoms with van der Waals surface area (Å²) in [7, 11) is 3.26. The highest BCUT2D eigenvalue weighted by molar-refractivity contribution is 14.0. The van der Waals surface area contributed by atoms with Gasteiger partial charge in [0.15, 0.2) is 17.5 Å². The van der Waals surface area contributed by atoms with Crippen molar-refractivity contribution in [2.75, 3.05) is 59.1 Å². The van der Waals surface area contributed by atoms with Crippen LogP contribution in [0.4, 0.5) is 5.69 Å². The SMILES string of the molecule is COCCOCCCNC(=NCc1ccc(OC)nc1)Nc1ccc2c(c1)OCCCO2.I. The molecule has 2 aromatic rings. The monoisotopic (exact) mass is 572 g/mol. The lowest BCUT2D eigenvalue weighted by Crippen LogP contribution is -2.32. The summed E-state index contributed by atoms with van der Waals surface area (Å²) in [6.45, 7) is 4.33. The van der Waals surface area contributed by atoms with E-state index in [9.17, 15) is 0 Å². The summed E-state index contributed by atoms with van der Waals surface area (Å²) in [5, 5.41) is 6.71. The molecule has 1 aliphatic heterocycles. The first-order valence-corrected chi connectivity index (χ1v) is 10.8. The smallest absolute Gasteiger partial charge is 0.212 e. The van der Waals surface area contributed by atoms with Crippen LogP contribution in [0.2, 0.25) is 0 Å². The highest BCUT2D eigenvalue weighted by Gasteiger charge is 2.11. The molecule has 0 atom stereocenters. The normalized spacial score (nSPS) is 13.0. The summed E-state index contributed by atoms with van der Waals surface area (Å²) in [4.78, 5) is 8.94. The molecule has 0 saturated carbocycles. The Morgan fingerprint density at radius 3 is 2.67 bits per heavy atom. The van der Waals surface area contributed by atoms with E-state index in [1.54, 1.807) is 20.4 Å². The van der Waals surface area contributed by atoms with Gasteiger partial charge in [0.05, 0.1) is 40.1 Å². The number of guanidine groups is 1. The van der Waals surface area contributed by atoms with Gasteiger partial charge in [-0.25, -0.2) is 9.98 Å². The minimum absolute atomic E-state index is 0. The van der Waals surface area contributed by atoms with E-state index in [-0.39, 0.29) is 24.0 Å². The molecule has 3 rings (SSSR count). The summed E-state index contributed by atoms with van der Waals surface area (Å²) in [6.07, 6.45) is 3.47. The van der Waals surface area contributed by atoms with Gasteiger partial charge in [-0.05, 0) is 24.1 Å². The van der Waals surface area contributed by atoms with Crippen LogP contribution in [0.5, 0.6) is 17.4 Å². The van der Waals surface area contributed by atoms with Crippen molar-refractivity contribution in [1.29, 1.82) is 0 Å². The Bertz CT molecular complexity index is 851. The molecule has 2 heterocycles. The van der Waals surface area contributed by atoms with Gasteiger partial charge in [0.1, 0.15) is 0 Å². The van der Waals surface area contributed by atoms with Crippen LogP contribution in [-0.4, -0.2) is 64.7 Å². The molecular formula is C23H33IN4O5. The van der Waals surface area contributed by atoms with E-state index in [2.05, 4.69) is 15.6 Å². The van der Waals surface area contributed by atoms with Crippen LogP contribution in [0.1, 0.15) is 18.4 Å². The van der Waals surface area contributed by atoms with Crippen molar-refractivity contribution in [2.24, 2.45) is 4.99 Å². The van der Waals surface area contributed by atoms with Gasteiger partial charge in [0.2, 0.25) is 5.88 Å². The standard InChI is InChI=1S/C23H32N4O5.HI/c1-28-13-14-30-10-3-9-24-23(26-17-18-5-8-22(29-2)25-16-18)27-19-6-7-20-21(15-19)32-12-4-11-31-20;/h5-8,15-16H,3-4,9-14,17H2,1-2H3,(H2,24,26,27);1H. The van der Waals surface area contributed by atoms with Gasteiger partial charge in [-0.15, -0.1) is 24.0 Å². The van der Waals surface area contributed by atoms with Gasteiger partial charge < -0.3 is 34.3 Å². The number of ether oxygens (including phenoxy) is 5. The molecule has 0 fully saturated rings. The number of nitrogens with one attached hydrogen (secondary N) is 2. The van der Waals surface area contributed by atoms with Crippen LogP contribution in [0.25, 0.3) is 0 Å². The summed E-state index contributed by atoms with van der Waals surface area (Å²) in [5.74, 6) is 2.73. The fourth-order valence-electron chi connectivity index (χ4n) is 2.94. The van der Waals surface area contributed by atoms with Crippen LogP contribution in [-0.2, 0) is 16.0 Å². The highest BCUT2D eigenvalue weighted by Crippen LogP contribution is 2.32. The molecular weight excluding hydrogens is 539 g/mol. The maximum atomic E-state index is 5.79. The van der Waals surface area contributed by atoms with Crippen molar-refractivity contribution in [1.82, 2.24) is 10.3 Å². The second kappa shape index (κ2) is 15.5. The van der Waals surface area contributed by atoms with E-state index in [0.29, 0.717) is 58.0 Å².